The van der Waals surface area contributed by atoms with Crippen LogP contribution in [0.25, 0.3) is 11.3 Å². The van der Waals surface area contributed by atoms with Crippen molar-refractivity contribution >= 4 is 17.4 Å². The van der Waals surface area contributed by atoms with Gasteiger partial charge in [-0.05, 0) is 12.5 Å². The van der Waals surface area contributed by atoms with Gasteiger partial charge >= 0.3 is 0 Å². The lowest BCUT2D eigenvalue weighted by Gasteiger charge is -2.06. The Morgan fingerprint density at radius 2 is 2.25 bits per heavy atom. The third kappa shape index (κ3) is 1.99. The number of hydrogen-bond donors (Lipinski definition) is 1. The quantitative estimate of drug-likeness (QED) is 0.886. The molecule has 0 fully saturated rings. The fraction of sp³-hybridized carbons (Fsp3) is 0.300. The summed E-state index contributed by atoms with van der Waals surface area (Å²) in [5.41, 5.74) is 7.42. The third-order valence-corrected chi connectivity index (χ3v) is 2.42. The third-order valence-electron chi connectivity index (χ3n) is 2.21. The Balaban J connectivity index is 2.49. The fourth-order valence-electron chi connectivity index (χ4n) is 1.50. The highest BCUT2D eigenvalue weighted by atomic mass is 35.5. The molecule has 16 heavy (non-hydrogen) atoms. The zero-order valence-corrected chi connectivity index (χ0v) is 9.65. The summed E-state index contributed by atoms with van der Waals surface area (Å²) in [6.45, 7) is 2.87. The van der Waals surface area contributed by atoms with Gasteiger partial charge in [-0.3, -0.25) is 0 Å². The normalized spacial score (nSPS) is 10.6. The minimum atomic E-state index is 0.434. The number of nitrogens with zero attached hydrogens (tertiary/aromatic N) is 4. The van der Waals surface area contributed by atoms with Crippen LogP contribution in [0.1, 0.15) is 13.3 Å². The second-order valence-electron chi connectivity index (χ2n) is 3.43. The predicted octanol–water partition coefficient (Wildman–Crippen LogP) is 1.99. The van der Waals surface area contributed by atoms with Crippen LogP contribution < -0.4 is 5.73 Å². The molecule has 0 spiro atoms. The molecular formula is C10H12ClN5. The molecule has 2 heterocycles. The highest BCUT2D eigenvalue weighted by Crippen LogP contribution is 2.26. The number of halogens is 1. The number of nitrogens with two attached hydrogens (primary N) is 1. The van der Waals surface area contributed by atoms with Gasteiger partial charge in [0, 0.05) is 18.3 Å². The van der Waals surface area contributed by atoms with Gasteiger partial charge in [-0.2, -0.15) is 0 Å². The molecule has 0 radical (unpaired) electrons. The summed E-state index contributed by atoms with van der Waals surface area (Å²) in [6, 6.07) is 1.77. The van der Waals surface area contributed by atoms with Crippen LogP contribution in [-0.4, -0.2) is 20.0 Å². The first kappa shape index (κ1) is 10.9. The minimum Gasteiger partial charge on any atom is -0.383 e. The van der Waals surface area contributed by atoms with Crippen LogP contribution in [0.2, 0.25) is 5.02 Å². The molecule has 0 saturated carbocycles. The minimum absolute atomic E-state index is 0.434. The highest BCUT2D eigenvalue weighted by molar-refractivity contribution is 6.30. The lowest BCUT2D eigenvalue weighted by atomic mass is 10.2. The van der Waals surface area contributed by atoms with E-state index in [0.29, 0.717) is 10.8 Å². The Morgan fingerprint density at radius 1 is 1.44 bits per heavy atom. The van der Waals surface area contributed by atoms with Gasteiger partial charge in [-0.25, -0.2) is 9.67 Å². The van der Waals surface area contributed by atoms with Crippen molar-refractivity contribution in [3.8, 4) is 11.3 Å². The number of rotatable bonds is 3. The average molecular weight is 238 g/mol. The molecule has 2 aromatic rings. The molecule has 0 aliphatic rings. The standard InChI is InChI=1S/C10H12ClN5/c1-2-3-16-9(6-14-15-16)8-4-7(11)5-13-10(8)12/h4-6H,2-3H2,1H3,(H2,12,13). The lowest BCUT2D eigenvalue weighted by molar-refractivity contribution is 0.584. The summed E-state index contributed by atoms with van der Waals surface area (Å²) in [6.07, 6.45) is 4.16. The Bertz CT molecular complexity index is 494. The van der Waals surface area contributed by atoms with Crippen LogP contribution in [-0.2, 0) is 6.54 Å². The molecule has 0 atom stereocenters. The average Bonchev–Trinajstić information content (AvgIpc) is 2.70. The van der Waals surface area contributed by atoms with Gasteiger partial charge in [0.05, 0.1) is 16.9 Å². The number of hydrogen-bond acceptors (Lipinski definition) is 4. The Labute approximate surface area is 98.2 Å². The topological polar surface area (TPSA) is 69.6 Å². The molecule has 6 heteroatoms. The maximum atomic E-state index is 5.90. The summed E-state index contributed by atoms with van der Waals surface area (Å²) in [5, 5.41) is 8.42. The van der Waals surface area contributed by atoms with Crippen LogP contribution in [0.15, 0.2) is 18.5 Å². The van der Waals surface area contributed by atoms with Crippen LogP contribution in [0.5, 0.6) is 0 Å². The van der Waals surface area contributed by atoms with E-state index < -0.39 is 0 Å². The van der Waals surface area contributed by atoms with E-state index >= 15 is 0 Å². The van der Waals surface area contributed by atoms with Crippen LogP contribution >= 0.6 is 11.6 Å². The van der Waals surface area contributed by atoms with Crippen molar-refractivity contribution in [1.29, 1.82) is 0 Å². The first-order valence-corrected chi connectivity index (χ1v) is 5.40. The zero-order chi connectivity index (χ0) is 11.5. The van der Waals surface area contributed by atoms with E-state index in [4.69, 9.17) is 17.3 Å². The molecule has 0 unspecified atom stereocenters. The Kier molecular flexibility index (Phi) is 3.05. The van der Waals surface area contributed by atoms with Gasteiger partial charge in [0.25, 0.3) is 0 Å². The van der Waals surface area contributed by atoms with E-state index in [1.54, 1.807) is 16.9 Å². The fourth-order valence-corrected chi connectivity index (χ4v) is 1.66. The molecule has 2 rings (SSSR count). The Morgan fingerprint density at radius 3 is 3.00 bits per heavy atom. The number of anilines is 1. The van der Waals surface area contributed by atoms with Crippen LogP contribution in [0.4, 0.5) is 5.82 Å². The summed E-state index contributed by atoms with van der Waals surface area (Å²) in [5.74, 6) is 0.434. The number of pyridine rings is 1. The van der Waals surface area contributed by atoms with Crippen molar-refractivity contribution in [3.05, 3.63) is 23.5 Å². The van der Waals surface area contributed by atoms with E-state index in [1.165, 1.54) is 6.20 Å². The number of aryl methyl sites for hydroxylation is 1. The van der Waals surface area contributed by atoms with Gasteiger partial charge in [-0.1, -0.05) is 23.7 Å². The molecule has 0 aliphatic heterocycles. The SMILES string of the molecule is CCCn1nncc1-c1cc(Cl)cnc1N. The van der Waals surface area contributed by atoms with Gasteiger partial charge in [0.1, 0.15) is 5.82 Å². The van der Waals surface area contributed by atoms with E-state index in [2.05, 4.69) is 22.2 Å². The van der Waals surface area contributed by atoms with Gasteiger partial charge in [0.15, 0.2) is 0 Å². The maximum Gasteiger partial charge on any atom is 0.132 e. The van der Waals surface area contributed by atoms with Crippen molar-refractivity contribution in [3.63, 3.8) is 0 Å². The molecule has 0 saturated heterocycles. The molecule has 0 bridgehead atoms. The number of nitrogen functional groups attached to an aromatic ring is 1. The van der Waals surface area contributed by atoms with Crippen LogP contribution in [0.3, 0.4) is 0 Å². The first-order chi connectivity index (χ1) is 7.72. The second-order valence-corrected chi connectivity index (χ2v) is 3.87. The molecule has 2 aromatic heterocycles. The summed E-state index contributed by atoms with van der Waals surface area (Å²) in [4.78, 5) is 4.01. The molecular weight excluding hydrogens is 226 g/mol. The Hall–Kier alpha value is -1.62. The van der Waals surface area contributed by atoms with E-state index in [0.717, 1.165) is 24.2 Å². The predicted molar refractivity (Wildman–Crippen MR) is 63.0 cm³/mol. The van der Waals surface area contributed by atoms with Crippen molar-refractivity contribution in [1.82, 2.24) is 20.0 Å². The molecule has 5 nitrogen and oxygen atoms in total. The molecule has 2 N–H and O–H groups in total. The lowest BCUT2D eigenvalue weighted by Crippen LogP contribution is -2.03. The van der Waals surface area contributed by atoms with Crippen molar-refractivity contribution in [2.24, 2.45) is 0 Å². The summed E-state index contributed by atoms with van der Waals surface area (Å²) in [7, 11) is 0. The van der Waals surface area contributed by atoms with Gasteiger partial charge in [-0.15, -0.1) is 5.10 Å². The number of aromatic nitrogens is 4. The van der Waals surface area contributed by atoms with E-state index in [9.17, 15) is 0 Å². The molecule has 0 amide bonds. The summed E-state index contributed by atoms with van der Waals surface area (Å²) >= 11 is 5.90. The molecule has 0 aromatic carbocycles. The zero-order valence-electron chi connectivity index (χ0n) is 8.89. The van der Waals surface area contributed by atoms with E-state index in [-0.39, 0.29) is 0 Å². The van der Waals surface area contributed by atoms with Crippen molar-refractivity contribution in [2.75, 3.05) is 5.73 Å². The molecule has 0 aliphatic carbocycles. The van der Waals surface area contributed by atoms with Gasteiger partial charge < -0.3 is 5.73 Å². The maximum absolute atomic E-state index is 5.90. The molecule has 84 valence electrons. The van der Waals surface area contributed by atoms with Crippen LogP contribution in [0, 0.1) is 0 Å². The van der Waals surface area contributed by atoms with Crippen molar-refractivity contribution in [2.45, 2.75) is 19.9 Å². The smallest absolute Gasteiger partial charge is 0.132 e. The second kappa shape index (κ2) is 4.49. The van der Waals surface area contributed by atoms with Gasteiger partial charge in [0.2, 0.25) is 0 Å². The van der Waals surface area contributed by atoms with Crippen molar-refractivity contribution < 1.29 is 0 Å². The van der Waals surface area contributed by atoms with E-state index in [1.807, 2.05) is 0 Å². The monoisotopic (exact) mass is 237 g/mol. The summed E-state index contributed by atoms with van der Waals surface area (Å²) < 4.78 is 1.80. The first-order valence-electron chi connectivity index (χ1n) is 5.02. The largest absolute Gasteiger partial charge is 0.383 e. The highest BCUT2D eigenvalue weighted by Gasteiger charge is 2.10.